The van der Waals surface area contributed by atoms with E-state index < -0.39 is 0 Å². The molecule has 1 N–H and O–H groups in total. The highest BCUT2D eigenvalue weighted by molar-refractivity contribution is 6.05. The second kappa shape index (κ2) is 3.14. The molecule has 0 aliphatic rings. The van der Waals surface area contributed by atoms with Gasteiger partial charge in [0.25, 0.3) is 5.91 Å². The molecule has 0 unspecified atom stereocenters. The minimum absolute atomic E-state index is 0.0140. The van der Waals surface area contributed by atoms with E-state index in [1.807, 2.05) is 12.1 Å². The molecule has 0 saturated heterocycles. The highest BCUT2D eigenvalue weighted by Crippen LogP contribution is 2.16. The van der Waals surface area contributed by atoms with Crippen molar-refractivity contribution < 1.29 is 4.79 Å². The number of fused-ring (bicyclic) bond motifs is 1. The second-order valence-corrected chi connectivity index (χ2v) is 3.34. The van der Waals surface area contributed by atoms with Crippen molar-refractivity contribution in [2.45, 2.75) is 0 Å². The normalized spacial score (nSPS) is 10.4. The second-order valence-electron chi connectivity index (χ2n) is 3.34. The summed E-state index contributed by atoms with van der Waals surface area (Å²) in [4.78, 5) is 13.3. The molecule has 0 spiro atoms. The fourth-order valence-corrected chi connectivity index (χ4v) is 1.39. The Labute approximate surface area is 81.5 Å². The van der Waals surface area contributed by atoms with Crippen LogP contribution in [-0.4, -0.2) is 35.1 Å². The highest BCUT2D eigenvalue weighted by atomic mass is 16.2. The Morgan fingerprint density at radius 2 is 2.21 bits per heavy atom. The number of H-pyrrole nitrogens is 1. The molecule has 0 radical (unpaired) electrons. The van der Waals surface area contributed by atoms with Gasteiger partial charge in [0.2, 0.25) is 0 Å². The molecule has 4 nitrogen and oxygen atoms in total. The topological polar surface area (TPSA) is 49.0 Å². The Hall–Kier alpha value is -1.84. The minimum Gasteiger partial charge on any atom is -0.345 e. The molecule has 0 aliphatic heterocycles. The summed E-state index contributed by atoms with van der Waals surface area (Å²) in [6.07, 6.45) is 1.71. The van der Waals surface area contributed by atoms with Crippen LogP contribution in [0.3, 0.4) is 0 Å². The lowest BCUT2D eigenvalue weighted by atomic mass is 10.1. The molecular weight excluding hydrogens is 178 g/mol. The number of aromatic amines is 1. The third-order valence-electron chi connectivity index (χ3n) is 2.11. The van der Waals surface area contributed by atoms with Gasteiger partial charge in [-0.05, 0) is 6.07 Å². The molecule has 2 rings (SSSR count). The van der Waals surface area contributed by atoms with Crippen molar-refractivity contribution in [3.05, 3.63) is 30.0 Å². The molecule has 14 heavy (non-hydrogen) atoms. The first-order valence-corrected chi connectivity index (χ1v) is 4.34. The average Bonchev–Trinajstić information content (AvgIpc) is 2.63. The maximum atomic E-state index is 11.7. The van der Waals surface area contributed by atoms with Crippen LogP contribution in [-0.2, 0) is 0 Å². The first kappa shape index (κ1) is 8.74. The number of amides is 1. The number of nitrogens with one attached hydrogen (secondary N) is 1. The van der Waals surface area contributed by atoms with Gasteiger partial charge in [-0.1, -0.05) is 12.1 Å². The summed E-state index contributed by atoms with van der Waals surface area (Å²) < 4.78 is 0. The molecule has 1 heterocycles. The van der Waals surface area contributed by atoms with E-state index in [-0.39, 0.29) is 5.91 Å². The van der Waals surface area contributed by atoms with Crippen molar-refractivity contribution in [1.29, 1.82) is 0 Å². The van der Waals surface area contributed by atoms with Crippen molar-refractivity contribution in [1.82, 2.24) is 15.1 Å². The van der Waals surface area contributed by atoms with Crippen molar-refractivity contribution in [2.24, 2.45) is 0 Å². The fraction of sp³-hybridized carbons (Fsp3) is 0.200. The van der Waals surface area contributed by atoms with E-state index >= 15 is 0 Å². The van der Waals surface area contributed by atoms with Crippen LogP contribution in [0.15, 0.2) is 24.4 Å². The molecule has 1 aromatic heterocycles. The summed E-state index contributed by atoms with van der Waals surface area (Å²) in [6.45, 7) is 0. The lowest BCUT2D eigenvalue weighted by Gasteiger charge is -2.10. The first-order chi connectivity index (χ1) is 6.70. The third kappa shape index (κ3) is 1.25. The Bertz CT molecular complexity index is 473. The number of aromatic nitrogens is 2. The number of benzene rings is 1. The molecule has 2 aromatic rings. The highest BCUT2D eigenvalue weighted by Gasteiger charge is 2.12. The van der Waals surface area contributed by atoms with Crippen molar-refractivity contribution in [2.75, 3.05) is 14.1 Å². The molecule has 0 fully saturated rings. The number of rotatable bonds is 1. The van der Waals surface area contributed by atoms with Crippen LogP contribution in [0.25, 0.3) is 10.9 Å². The predicted molar refractivity (Wildman–Crippen MR) is 54.1 cm³/mol. The molecule has 0 saturated carbocycles. The number of para-hydroxylation sites is 1. The number of carbonyl (C=O) groups is 1. The SMILES string of the molecule is CN(C)C(=O)c1cccc2cn[nH]c12. The van der Waals surface area contributed by atoms with Gasteiger partial charge in [0.05, 0.1) is 17.3 Å². The zero-order valence-corrected chi connectivity index (χ0v) is 8.11. The third-order valence-corrected chi connectivity index (χ3v) is 2.11. The largest absolute Gasteiger partial charge is 0.345 e. The molecule has 0 atom stereocenters. The van der Waals surface area contributed by atoms with Crippen LogP contribution in [0, 0.1) is 0 Å². The molecule has 0 bridgehead atoms. The molecule has 1 aromatic carbocycles. The average molecular weight is 189 g/mol. The van der Waals surface area contributed by atoms with Crippen LogP contribution in [0.1, 0.15) is 10.4 Å². The van der Waals surface area contributed by atoms with Gasteiger partial charge in [-0.25, -0.2) is 0 Å². The maximum Gasteiger partial charge on any atom is 0.255 e. The Balaban J connectivity index is 2.62. The van der Waals surface area contributed by atoms with Gasteiger partial charge in [0.1, 0.15) is 0 Å². The zero-order valence-electron chi connectivity index (χ0n) is 8.11. The zero-order chi connectivity index (χ0) is 10.1. The van der Waals surface area contributed by atoms with Gasteiger partial charge in [-0.2, -0.15) is 5.10 Å². The smallest absolute Gasteiger partial charge is 0.255 e. The van der Waals surface area contributed by atoms with E-state index in [1.54, 1.807) is 31.3 Å². The number of nitrogens with zero attached hydrogens (tertiary/aromatic N) is 2. The minimum atomic E-state index is -0.0140. The van der Waals surface area contributed by atoms with Gasteiger partial charge in [0, 0.05) is 19.5 Å². The Kier molecular flexibility index (Phi) is 1.96. The number of hydrogen-bond acceptors (Lipinski definition) is 2. The summed E-state index contributed by atoms with van der Waals surface area (Å²) in [5.41, 5.74) is 1.45. The van der Waals surface area contributed by atoms with E-state index in [0.717, 1.165) is 10.9 Å². The van der Waals surface area contributed by atoms with Gasteiger partial charge in [0.15, 0.2) is 0 Å². The maximum absolute atomic E-state index is 11.7. The number of hydrogen-bond donors (Lipinski definition) is 1. The lowest BCUT2D eigenvalue weighted by molar-refractivity contribution is 0.0829. The van der Waals surface area contributed by atoms with Crippen molar-refractivity contribution in [3.8, 4) is 0 Å². The standard InChI is InChI=1S/C10H11N3O/c1-13(2)10(14)8-5-3-4-7-6-11-12-9(7)8/h3-6H,1-2H3,(H,11,12). The van der Waals surface area contributed by atoms with Gasteiger partial charge < -0.3 is 4.90 Å². The van der Waals surface area contributed by atoms with Gasteiger partial charge in [-0.15, -0.1) is 0 Å². The van der Waals surface area contributed by atoms with Crippen LogP contribution in [0.2, 0.25) is 0 Å². The van der Waals surface area contributed by atoms with E-state index in [4.69, 9.17) is 0 Å². The molecule has 0 aliphatic carbocycles. The van der Waals surface area contributed by atoms with E-state index in [0.29, 0.717) is 5.56 Å². The monoisotopic (exact) mass is 189 g/mol. The summed E-state index contributed by atoms with van der Waals surface area (Å²) >= 11 is 0. The Morgan fingerprint density at radius 1 is 1.43 bits per heavy atom. The molecule has 72 valence electrons. The fourth-order valence-electron chi connectivity index (χ4n) is 1.39. The van der Waals surface area contributed by atoms with E-state index in [9.17, 15) is 4.79 Å². The van der Waals surface area contributed by atoms with E-state index in [1.165, 1.54) is 0 Å². The molecule has 1 amide bonds. The molecular formula is C10H11N3O. The van der Waals surface area contributed by atoms with Crippen LogP contribution in [0.5, 0.6) is 0 Å². The van der Waals surface area contributed by atoms with Gasteiger partial charge >= 0.3 is 0 Å². The van der Waals surface area contributed by atoms with Crippen LogP contribution < -0.4 is 0 Å². The predicted octanol–water partition coefficient (Wildman–Crippen LogP) is 1.26. The van der Waals surface area contributed by atoms with Crippen LogP contribution in [0.4, 0.5) is 0 Å². The van der Waals surface area contributed by atoms with E-state index in [2.05, 4.69) is 10.2 Å². The summed E-state index contributed by atoms with van der Waals surface area (Å²) in [5.74, 6) is -0.0140. The first-order valence-electron chi connectivity index (χ1n) is 4.34. The summed E-state index contributed by atoms with van der Waals surface area (Å²) in [5, 5.41) is 7.69. The summed E-state index contributed by atoms with van der Waals surface area (Å²) in [7, 11) is 3.47. The molecule has 4 heteroatoms. The van der Waals surface area contributed by atoms with Crippen molar-refractivity contribution in [3.63, 3.8) is 0 Å². The quantitative estimate of drug-likeness (QED) is 0.734. The Morgan fingerprint density at radius 3 is 2.93 bits per heavy atom. The van der Waals surface area contributed by atoms with Gasteiger partial charge in [-0.3, -0.25) is 9.89 Å². The van der Waals surface area contributed by atoms with Crippen LogP contribution >= 0.6 is 0 Å². The lowest BCUT2D eigenvalue weighted by Crippen LogP contribution is -2.21. The summed E-state index contributed by atoms with van der Waals surface area (Å²) in [6, 6.07) is 5.57. The number of carbonyl (C=O) groups excluding carboxylic acids is 1. The van der Waals surface area contributed by atoms with Crippen molar-refractivity contribution >= 4 is 16.8 Å².